The molecule has 0 aliphatic heterocycles. The van der Waals surface area contributed by atoms with Crippen molar-refractivity contribution in [1.29, 1.82) is 0 Å². The maximum atomic E-state index is 4.51. The first-order valence-corrected chi connectivity index (χ1v) is 5.16. The van der Waals surface area contributed by atoms with Crippen LogP contribution in [-0.4, -0.2) is 0 Å². The Morgan fingerprint density at radius 2 is 1.00 bits per heavy atom. The summed E-state index contributed by atoms with van der Waals surface area (Å²) in [4.78, 5) is 0. The summed E-state index contributed by atoms with van der Waals surface area (Å²) in [5, 5.41) is 4.51. The Bertz CT molecular complexity index is 346. The minimum atomic E-state index is 0. The van der Waals surface area contributed by atoms with E-state index in [0.717, 1.165) is 13.1 Å². The second-order valence-corrected chi connectivity index (χ2v) is 3.51. The quantitative estimate of drug-likeness (QED) is 0.674. The van der Waals surface area contributed by atoms with Gasteiger partial charge in [-0.3, -0.25) is 0 Å². The van der Waals surface area contributed by atoms with Gasteiger partial charge in [0.05, 0.1) is 0 Å². The minimum Gasteiger partial charge on any atom is -0.655 e. The molecule has 0 aliphatic rings. The monoisotopic (exact) mass is 219 g/mol. The number of hydrogen-bond acceptors (Lipinski definition) is 0. The van der Waals surface area contributed by atoms with Crippen molar-refractivity contribution >= 4 is 0 Å². The molecule has 0 amide bonds. The second-order valence-electron chi connectivity index (χ2n) is 3.51. The molecule has 0 aliphatic carbocycles. The molecule has 0 radical (unpaired) electrons. The van der Waals surface area contributed by atoms with Crippen LogP contribution in [0.15, 0.2) is 60.7 Å². The average Bonchev–Trinajstić information content (AvgIpc) is 2.32. The van der Waals surface area contributed by atoms with Gasteiger partial charge >= 0.3 is 29.6 Å². The van der Waals surface area contributed by atoms with Gasteiger partial charge in [-0.1, -0.05) is 71.8 Å². The van der Waals surface area contributed by atoms with E-state index < -0.39 is 0 Å². The third kappa shape index (κ3) is 4.50. The summed E-state index contributed by atoms with van der Waals surface area (Å²) >= 11 is 0. The van der Waals surface area contributed by atoms with Gasteiger partial charge in [-0.25, -0.2) is 0 Å². The fourth-order valence-corrected chi connectivity index (χ4v) is 1.48. The molecule has 0 saturated heterocycles. The first-order valence-electron chi connectivity index (χ1n) is 5.16. The molecular formula is C14H14NNa. The second kappa shape index (κ2) is 7.64. The van der Waals surface area contributed by atoms with E-state index in [1.165, 1.54) is 11.1 Å². The third-order valence-electron chi connectivity index (χ3n) is 2.27. The van der Waals surface area contributed by atoms with Crippen LogP contribution in [0.4, 0.5) is 0 Å². The zero-order valence-corrected chi connectivity index (χ0v) is 11.6. The molecule has 76 valence electrons. The molecule has 2 aromatic rings. The van der Waals surface area contributed by atoms with Crippen molar-refractivity contribution in [3.63, 3.8) is 0 Å². The van der Waals surface area contributed by atoms with Crippen LogP contribution in [0.25, 0.3) is 5.32 Å². The van der Waals surface area contributed by atoms with Crippen LogP contribution in [0.1, 0.15) is 11.1 Å². The SMILES string of the molecule is [Na+].c1ccc(C[N-]Cc2ccccc2)cc1. The molecular weight excluding hydrogens is 205 g/mol. The summed E-state index contributed by atoms with van der Waals surface area (Å²) in [6.07, 6.45) is 0. The van der Waals surface area contributed by atoms with Crippen molar-refractivity contribution < 1.29 is 29.6 Å². The smallest absolute Gasteiger partial charge is 0.655 e. The predicted octanol–water partition coefficient (Wildman–Crippen LogP) is 0.764. The molecule has 2 rings (SSSR count). The van der Waals surface area contributed by atoms with Gasteiger partial charge in [-0.15, -0.1) is 13.1 Å². The van der Waals surface area contributed by atoms with Gasteiger partial charge in [0.2, 0.25) is 0 Å². The Labute approximate surface area is 119 Å². The van der Waals surface area contributed by atoms with Gasteiger partial charge in [-0.05, 0) is 0 Å². The Kier molecular flexibility index (Phi) is 6.43. The zero-order chi connectivity index (χ0) is 10.3. The molecule has 16 heavy (non-hydrogen) atoms. The molecule has 0 heterocycles. The van der Waals surface area contributed by atoms with Crippen molar-refractivity contribution in [2.45, 2.75) is 13.1 Å². The van der Waals surface area contributed by atoms with E-state index >= 15 is 0 Å². The van der Waals surface area contributed by atoms with Gasteiger partial charge < -0.3 is 5.32 Å². The number of benzene rings is 2. The maximum absolute atomic E-state index is 4.51. The van der Waals surface area contributed by atoms with Crippen molar-refractivity contribution in [3.05, 3.63) is 77.1 Å². The van der Waals surface area contributed by atoms with E-state index in [1.54, 1.807) is 0 Å². The third-order valence-corrected chi connectivity index (χ3v) is 2.27. The van der Waals surface area contributed by atoms with Crippen molar-refractivity contribution in [2.24, 2.45) is 0 Å². The average molecular weight is 219 g/mol. The summed E-state index contributed by atoms with van der Waals surface area (Å²) in [6.45, 7) is 1.60. The number of hydrogen-bond donors (Lipinski definition) is 0. The summed E-state index contributed by atoms with van der Waals surface area (Å²) in [5.41, 5.74) is 2.54. The molecule has 2 heteroatoms. The Morgan fingerprint density at radius 3 is 1.38 bits per heavy atom. The van der Waals surface area contributed by atoms with Crippen LogP contribution < -0.4 is 29.6 Å². The first-order chi connectivity index (χ1) is 7.45. The van der Waals surface area contributed by atoms with Crippen molar-refractivity contribution in [1.82, 2.24) is 0 Å². The van der Waals surface area contributed by atoms with Crippen LogP contribution >= 0.6 is 0 Å². The van der Waals surface area contributed by atoms with Crippen LogP contribution in [-0.2, 0) is 13.1 Å². The molecule has 0 atom stereocenters. The Hall–Kier alpha value is -0.600. The summed E-state index contributed by atoms with van der Waals surface area (Å²) in [5.74, 6) is 0. The van der Waals surface area contributed by atoms with Crippen LogP contribution in [0.2, 0.25) is 0 Å². The molecule has 2 aromatic carbocycles. The van der Waals surface area contributed by atoms with Gasteiger partial charge in [-0.2, -0.15) is 0 Å². The van der Waals surface area contributed by atoms with E-state index in [0.29, 0.717) is 0 Å². The Balaban J connectivity index is 0.00000128. The largest absolute Gasteiger partial charge is 1.00 e. The van der Waals surface area contributed by atoms with E-state index in [1.807, 2.05) is 36.4 Å². The fraction of sp³-hybridized carbons (Fsp3) is 0.143. The van der Waals surface area contributed by atoms with Gasteiger partial charge in [0.15, 0.2) is 0 Å². The van der Waals surface area contributed by atoms with Crippen molar-refractivity contribution in [2.75, 3.05) is 0 Å². The van der Waals surface area contributed by atoms with Crippen LogP contribution in [0, 0.1) is 0 Å². The Morgan fingerprint density at radius 1 is 0.625 bits per heavy atom. The van der Waals surface area contributed by atoms with Crippen LogP contribution in [0.3, 0.4) is 0 Å². The van der Waals surface area contributed by atoms with Crippen LogP contribution in [0.5, 0.6) is 0 Å². The van der Waals surface area contributed by atoms with Crippen molar-refractivity contribution in [3.8, 4) is 0 Å². The summed E-state index contributed by atoms with van der Waals surface area (Å²) < 4.78 is 0. The summed E-state index contributed by atoms with van der Waals surface area (Å²) in [7, 11) is 0. The molecule has 0 bridgehead atoms. The standard InChI is InChI=1S/C14H14N.Na/c1-3-7-13(8-4-1)11-15-12-14-9-5-2-6-10-14;/h1-10H,11-12H2;/q-1;+1. The molecule has 0 saturated carbocycles. The van der Waals surface area contributed by atoms with Gasteiger partial charge in [0.25, 0.3) is 0 Å². The molecule has 0 spiro atoms. The molecule has 0 aromatic heterocycles. The van der Waals surface area contributed by atoms with E-state index in [9.17, 15) is 0 Å². The summed E-state index contributed by atoms with van der Waals surface area (Å²) in [6, 6.07) is 20.7. The molecule has 1 nitrogen and oxygen atoms in total. The normalized spacial score (nSPS) is 9.50. The van der Waals surface area contributed by atoms with Gasteiger partial charge in [0.1, 0.15) is 0 Å². The van der Waals surface area contributed by atoms with Gasteiger partial charge in [0, 0.05) is 0 Å². The predicted molar refractivity (Wildman–Crippen MR) is 63.7 cm³/mol. The molecule has 0 fully saturated rings. The molecule has 0 N–H and O–H groups in total. The van der Waals surface area contributed by atoms with E-state index in [2.05, 4.69) is 29.6 Å². The zero-order valence-electron chi connectivity index (χ0n) is 9.63. The minimum absolute atomic E-state index is 0. The fourth-order valence-electron chi connectivity index (χ4n) is 1.48. The number of nitrogens with zero attached hydrogens (tertiary/aromatic N) is 1. The topological polar surface area (TPSA) is 14.1 Å². The van der Waals surface area contributed by atoms with E-state index in [4.69, 9.17) is 0 Å². The van der Waals surface area contributed by atoms with E-state index in [-0.39, 0.29) is 29.6 Å². The first kappa shape index (κ1) is 13.5. The number of rotatable bonds is 4. The molecule has 0 unspecified atom stereocenters. The maximum Gasteiger partial charge on any atom is 1.00 e.